The highest BCUT2D eigenvalue weighted by Gasteiger charge is 2.19. The first-order valence-electron chi connectivity index (χ1n) is 8.77. The number of rotatable bonds is 8. The number of piperidine rings is 1. The van der Waals surface area contributed by atoms with Crippen LogP contribution in [0.1, 0.15) is 44.9 Å². The third-order valence-electron chi connectivity index (χ3n) is 4.59. The van der Waals surface area contributed by atoms with E-state index in [2.05, 4.69) is 29.0 Å². The van der Waals surface area contributed by atoms with E-state index in [-0.39, 0.29) is 5.82 Å². The van der Waals surface area contributed by atoms with Crippen molar-refractivity contribution in [1.82, 2.24) is 15.2 Å². The van der Waals surface area contributed by atoms with Gasteiger partial charge in [0.15, 0.2) is 0 Å². The average molecular weight is 323 g/mol. The molecule has 0 radical (unpaired) electrons. The fourth-order valence-corrected chi connectivity index (χ4v) is 2.97. The number of aliphatic hydroxyl groups is 1. The molecule has 0 bridgehead atoms. The quantitative estimate of drug-likeness (QED) is 0.772. The molecule has 1 aromatic rings. The Balaban J connectivity index is 1.61. The van der Waals surface area contributed by atoms with Crippen molar-refractivity contribution in [3.8, 4) is 0 Å². The standard InChI is InChI=1S/C18H30FN3O/c1-14(2)5-8-22-9-6-15(7-10-22)11-20-13-18(23)17-4-3-16(19)12-21-17/h3-4,12,14-15,18,20,23H,5-11,13H2,1-2H3. The zero-order chi connectivity index (χ0) is 16.7. The lowest BCUT2D eigenvalue weighted by molar-refractivity contribution is 0.153. The van der Waals surface area contributed by atoms with Gasteiger partial charge < -0.3 is 15.3 Å². The average Bonchev–Trinajstić information content (AvgIpc) is 2.54. The third kappa shape index (κ3) is 6.53. The van der Waals surface area contributed by atoms with Gasteiger partial charge in [-0.1, -0.05) is 13.8 Å². The Kier molecular flexibility index (Phi) is 7.40. The minimum absolute atomic E-state index is 0.377. The molecule has 4 nitrogen and oxygen atoms in total. The molecule has 1 aliphatic rings. The van der Waals surface area contributed by atoms with E-state index in [0.29, 0.717) is 18.2 Å². The Morgan fingerprint density at radius 2 is 2.09 bits per heavy atom. The molecular formula is C18H30FN3O. The number of nitrogens with zero attached hydrogens (tertiary/aromatic N) is 2. The number of nitrogens with one attached hydrogen (secondary N) is 1. The van der Waals surface area contributed by atoms with Crippen LogP contribution in [0.3, 0.4) is 0 Å². The Bertz CT molecular complexity index is 444. The molecule has 5 heteroatoms. The summed E-state index contributed by atoms with van der Waals surface area (Å²) in [5.41, 5.74) is 0.516. The molecular weight excluding hydrogens is 293 g/mol. The van der Waals surface area contributed by atoms with Crippen molar-refractivity contribution in [2.75, 3.05) is 32.7 Å². The first-order chi connectivity index (χ1) is 11.0. The van der Waals surface area contributed by atoms with Crippen LogP contribution in [0.25, 0.3) is 0 Å². The largest absolute Gasteiger partial charge is 0.385 e. The van der Waals surface area contributed by atoms with Gasteiger partial charge in [-0.15, -0.1) is 0 Å². The predicted octanol–water partition coefficient (Wildman–Crippen LogP) is 2.60. The number of halogens is 1. The highest BCUT2D eigenvalue weighted by atomic mass is 19.1. The lowest BCUT2D eigenvalue weighted by atomic mass is 9.96. The summed E-state index contributed by atoms with van der Waals surface area (Å²) >= 11 is 0. The molecule has 1 unspecified atom stereocenters. The molecule has 1 aromatic heterocycles. The molecule has 0 amide bonds. The van der Waals surface area contributed by atoms with Gasteiger partial charge >= 0.3 is 0 Å². The third-order valence-corrected chi connectivity index (χ3v) is 4.59. The van der Waals surface area contributed by atoms with Crippen molar-refractivity contribution in [3.05, 3.63) is 29.8 Å². The van der Waals surface area contributed by atoms with Gasteiger partial charge in [-0.2, -0.15) is 0 Å². The van der Waals surface area contributed by atoms with Crippen LogP contribution in [0.15, 0.2) is 18.3 Å². The molecule has 0 spiro atoms. The van der Waals surface area contributed by atoms with Gasteiger partial charge in [0, 0.05) is 6.54 Å². The maximum atomic E-state index is 12.8. The van der Waals surface area contributed by atoms with Gasteiger partial charge in [0.2, 0.25) is 0 Å². The summed E-state index contributed by atoms with van der Waals surface area (Å²) in [6, 6.07) is 2.87. The lowest BCUT2D eigenvalue weighted by Gasteiger charge is -2.32. The molecule has 2 N–H and O–H groups in total. The van der Waals surface area contributed by atoms with Gasteiger partial charge in [-0.3, -0.25) is 4.98 Å². The van der Waals surface area contributed by atoms with Crippen LogP contribution >= 0.6 is 0 Å². The van der Waals surface area contributed by atoms with E-state index in [1.54, 1.807) is 0 Å². The molecule has 1 atom stereocenters. The summed E-state index contributed by atoms with van der Waals surface area (Å²) in [6.07, 6.45) is 4.18. The molecule has 1 fully saturated rings. The molecule has 0 aliphatic carbocycles. The number of likely N-dealkylation sites (tertiary alicyclic amines) is 1. The van der Waals surface area contributed by atoms with Gasteiger partial charge in [0.1, 0.15) is 11.9 Å². The number of hydrogen-bond acceptors (Lipinski definition) is 4. The number of pyridine rings is 1. The maximum absolute atomic E-state index is 12.8. The first-order valence-corrected chi connectivity index (χ1v) is 8.77. The van der Waals surface area contributed by atoms with Crippen LogP contribution in [-0.2, 0) is 0 Å². The Morgan fingerprint density at radius 1 is 1.35 bits per heavy atom. The molecule has 2 heterocycles. The summed E-state index contributed by atoms with van der Waals surface area (Å²) < 4.78 is 12.8. The van der Waals surface area contributed by atoms with Crippen LogP contribution in [0.5, 0.6) is 0 Å². The normalized spacial score (nSPS) is 18.5. The fraction of sp³-hybridized carbons (Fsp3) is 0.722. The van der Waals surface area contributed by atoms with Gasteiger partial charge in [0.05, 0.1) is 11.9 Å². The topological polar surface area (TPSA) is 48.4 Å². The summed E-state index contributed by atoms with van der Waals surface area (Å²) in [5.74, 6) is 1.08. The van der Waals surface area contributed by atoms with E-state index in [1.165, 1.54) is 51.0 Å². The molecule has 1 saturated heterocycles. The fourth-order valence-electron chi connectivity index (χ4n) is 2.97. The van der Waals surface area contributed by atoms with Crippen molar-refractivity contribution >= 4 is 0 Å². The van der Waals surface area contributed by atoms with E-state index in [1.807, 2.05) is 0 Å². The molecule has 0 aromatic carbocycles. The van der Waals surface area contributed by atoms with E-state index in [4.69, 9.17) is 0 Å². The van der Waals surface area contributed by atoms with Crippen LogP contribution < -0.4 is 5.32 Å². The van der Waals surface area contributed by atoms with Crippen molar-refractivity contribution in [3.63, 3.8) is 0 Å². The summed E-state index contributed by atoms with van der Waals surface area (Å²) in [7, 11) is 0. The first kappa shape index (κ1) is 18.3. The zero-order valence-electron chi connectivity index (χ0n) is 14.3. The van der Waals surface area contributed by atoms with Crippen LogP contribution in [0, 0.1) is 17.7 Å². The number of aliphatic hydroxyl groups excluding tert-OH is 1. The van der Waals surface area contributed by atoms with E-state index >= 15 is 0 Å². The highest BCUT2D eigenvalue weighted by Crippen LogP contribution is 2.18. The van der Waals surface area contributed by atoms with Crippen molar-refractivity contribution in [2.24, 2.45) is 11.8 Å². The number of aromatic nitrogens is 1. The van der Waals surface area contributed by atoms with Gasteiger partial charge in [-0.05, 0) is 69.4 Å². The van der Waals surface area contributed by atoms with Crippen LogP contribution in [0.2, 0.25) is 0 Å². The van der Waals surface area contributed by atoms with Crippen molar-refractivity contribution in [1.29, 1.82) is 0 Å². The van der Waals surface area contributed by atoms with Crippen molar-refractivity contribution in [2.45, 2.75) is 39.2 Å². The summed E-state index contributed by atoms with van der Waals surface area (Å²) in [6.45, 7) is 9.52. The van der Waals surface area contributed by atoms with Crippen LogP contribution in [-0.4, -0.2) is 47.7 Å². The molecule has 0 saturated carbocycles. The Labute approximate surface area is 139 Å². The lowest BCUT2D eigenvalue weighted by Crippen LogP contribution is -2.38. The highest BCUT2D eigenvalue weighted by molar-refractivity contribution is 5.08. The van der Waals surface area contributed by atoms with E-state index in [9.17, 15) is 9.50 Å². The molecule has 1 aliphatic heterocycles. The van der Waals surface area contributed by atoms with Crippen molar-refractivity contribution < 1.29 is 9.50 Å². The smallest absolute Gasteiger partial charge is 0.141 e. The minimum Gasteiger partial charge on any atom is -0.385 e. The van der Waals surface area contributed by atoms with Gasteiger partial charge in [-0.25, -0.2) is 4.39 Å². The molecule has 2 rings (SSSR count). The predicted molar refractivity (Wildman–Crippen MR) is 90.6 cm³/mol. The maximum Gasteiger partial charge on any atom is 0.141 e. The van der Waals surface area contributed by atoms with Gasteiger partial charge in [0.25, 0.3) is 0 Å². The van der Waals surface area contributed by atoms with E-state index in [0.717, 1.165) is 18.7 Å². The summed E-state index contributed by atoms with van der Waals surface area (Å²) in [4.78, 5) is 6.48. The van der Waals surface area contributed by atoms with E-state index < -0.39 is 6.10 Å². The SMILES string of the molecule is CC(C)CCN1CCC(CNCC(O)c2ccc(F)cn2)CC1. The monoisotopic (exact) mass is 323 g/mol. The second-order valence-corrected chi connectivity index (χ2v) is 7.04. The minimum atomic E-state index is -0.679. The molecule has 130 valence electrons. The Morgan fingerprint density at radius 3 is 2.70 bits per heavy atom. The Hall–Kier alpha value is -1.04. The molecule has 23 heavy (non-hydrogen) atoms. The zero-order valence-corrected chi connectivity index (χ0v) is 14.3. The second kappa shape index (κ2) is 9.30. The van der Waals surface area contributed by atoms with Crippen LogP contribution in [0.4, 0.5) is 4.39 Å². The summed E-state index contributed by atoms with van der Waals surface area (Å²) in [5, 5.41) is 13.4. The second-order valence-electron chi connectivity index (χ2n) is 7.04. The number of hydrogen-bond donors (Lipinski definition) is 2.